The van der Waals surface area contributed by atoms with Gasteiger partial charge in [-0.3, -0.25) is 0 Å². The third kappa shape index (κ3) is 4.79. The van der Waals surface area contributed by atoms with Crippen molar-refractivity contribution in [3.05, 3.63) is 62.7 Å². The largest absolute Gasteiger partial charge is 0.507 e. The van der Waals surface area contributed by atoms with Gasteiger partial charge in [0.1, 0.15) is 11.5 Å². The first-order chi connectivity index (χ1) is 14.7. The molecule has 0 bridgehead atoms. The van der Waals surface area contributed by atoms with Crippen LogP contribution >= 0.6 is 0 Å². The molecule has 5 nitrogen and oxygen atoms in total. The van der Waals surface area contributed by atoms with E-state index in [9.17, 15) is 9.90 Å². The second-order valence-electron chi connectivity index (χ2n) is 8.55. The summed E-state index contributed by atoms with van der Waals surface area (Å²) in [6.45, 7) is 1.72. The van der Waals surface area contributed by atoms with E-state index in [0.717, 1.165) is 43.2 Å². The number of aromatic hydroxyl groups is 1. The van der Waals surface area contributed by atoms with Gasteiger partial charge in [-0.2, -0.15) is 0 Å². The molecule has 2 aliphatic rings. The maximum absolute atomic E-state index is 12.9. The highest BCUT2D eigenvalue weighted by Crippen LogP contribution is 2.43. The maximum atomic E-state index is 12.9. The zero-order valence-electron chi connectivity index (χ0n) is 17.8. The highest BCUT2D eigenvalue weighted by atomic mass is 16.5. The van der Waals surface area contributed by atoms with Crippen molar-refractivity contribution in [3.8, 4) is 5.75 Å². The van der Waals surface area contributed by atoms with E-state index in [2.05, 4.69) is 18.2 Å². The summed E-state index contributed by atoms with van der Waals surface area (Å²) >= 11 is 0. The first-order valence-electron chi connectivity index (χ1n) is 11.2. The Morgan fingerprint density at radius 3 is 2.73 bits per heavy atom. The van der Waals surface area contributed by atoms with E-state index in [1.165, 1.54) is 18.4 Å². The van der Waals surface area contributed by atoms with Crippen LogP contribution in [-0.4, -0.2) is 32.0 Å². The molecular formula is C25H32O5. The smallest absolute Gasteiger partial charge is 0.343 e. The molecule has 30 heavy (non-hydrogen) atoms. The second kappa shape index (κ2) is 9.80. The molecule has 1 N–H and O–H groups in total. The average Bonchev–Trinajstić information content (AvgIpc) is 3.60. The van der Waals surface area contributed by atoms with Crippen LogP contribution in [0.5, 0.6) is 5.75 Å². The van der Waals surface area contributed by atoms with E-state index in [-0.39, 0.29) is 11.7 Å². The number of methoxy groups -OCH3 is 1. The lowest BCUT2D eigenvalue weighted by Gasteiger charge is -2.18. The number of fused-ring (bicyclic) bond motifs is 1. The van der Waals surface area contributed by atoms with Crippen LogP contribution in [0.25, 0.3) is 0 Å². The molecule has 0 saturated heterocycles. The first-order valence-corrected chi connectivity index (χ1v) is 11.2. The van der Waals surface area contributed by atoms with Crippen LogP contribution in [0.1, 0.15) is 78.4 Å². The van der Waals surface area contributed by atoms with Gasteiger partial charge in [-0.1, -0.05) is 30.7 Å². The predicted octanol–water partition coefficient (Wildman–Crippen LogP) is 4.68. The Bertz CT molecular complexity index is 912. The minimum absolute atomic E-state index is 0.108. The molecule has 1 heterocycles. The molecular weight excluding hydrogens is 380 g/mol. The molecule has 2 aromatic rings. The molecule has 5 heteroatoms. The van der Waals surface area contributed by atoms with E-state index in [1.807, 2.05) is 6.07 Å². The summed E-state index contributed by atoms with van der Waals surface area (Å²) in [6.07, 6.45) is 7.37. The quantitative estimate of drug-likeness (QED) is 0.478. The van der Waals surface area contributed by atoms with Gasteiger partial charge < -0.3 is 19.0 Å². The van der Waals surface area contributed by atoms with Crippen molar-refractivity contribution in [2.45, 2.75) is 63.2 Å². The summed E-state index contributed by atoms with van der Waals surface area (Å²) in [5.41, 5.74) is 3.26. The molecule has 1 aromatic heterocycles. The molecule has 1 unspecified atom stereocenters. The highest BCUT2D eigenvalue weighted by Gasteiger charge is 2.29. The lowest BCUT2D eigenvalue weighted by Crippen LogP contribution is -2.16. The van der Waals surface area contributed by atoms with Crippen LogP contribution in [0.2, 0.25) is 0 Å². The Morgan fingerprint density at radius 1 is 1.10 bits per heavy atom. The van der Waals surface area contributed by atoms with Gasteiger partial charge in [-0.15, -0.1) is 0 Å². The Hall–Kier alpha value is -2.11. The van der Waals surface area contributed by atoms with E-state index in [0.29, 0.717) is 43.5 Å². The molecule has 1 fully saturated rings. The minimum atomic E-state index is -0.399. The normalized spacial score (nSPS) is 18.8. The summed E-state index contributed by atoms with van der Waals surface area (Å²) in [6, 6.07) is 8.27. The van der Waals surface area contributed by atoms with E-state index in [1.54, 1.807) is 7.11 Å². The Morgan fingerprint density at radius 2 is 1.93 bits per heavy atom. The third-order valence-electron chi connectivity index (χ3n) is 6.40. The zero-order chi connectivity index (χ0) is 20.9. The van der Waals surface area contributed by atoms with Crippen LogP contribution in [0.15, 0.2) is 33.5 Å². The van der Waals surface area contributed by atoms with Gasteiger partial charge in [0.15, 0.2) is 0 Å². The average molecular weight is 413 g/mol. The van der Waals surface area contributed by atoms with Crippen LogP contribution < -0.4 is 5.63 Å². The maximum Gasteiger partial charge on any atom is 0.343 e. The van der Waals surface area contributed by atoms with Crippen molar-refractivity contribution in [1.29, 1.82) is 0 Å². The predicted molar refractivity (Wildman–Crippen MR) is 115 cm³/mol. The third-order valence-corrected chi connectivity index (χ3v) is 6.40. The SMILES string of the molecule is COCCOCCC1CCCCc2c1oc(=O)c(Cc1ccccc1C1CC1)c2O. The molecule has 1 atom stereocenters. The molecule has 2 aliphatic carbocycles. The minimum Gasteiger partial charge on any atom is -0.507 e. The van der Waals surface area contributed by atoms with Gasteiger partial charge in [0.2, 0.25) is 0 Å². The fraction of sp³-hybridized carbons (Fsp3) is 0.560. The monoisotopic (exact) mass is 412 g/mol. The molecule has 4 rings (SSSR count). The van der Waals surface area contributed by atoms with Gasteiger partial charge in [0.05, 0.1) is 18.8 Å². The van der Waals surface area contributed by atoms with E-state index < -0.39 is 5.63 Å². The van der Waals surface area contributed by atoms with Crippen molar-refractivity contribution in [3.63, 3.8) is 0 Å². The van der Waals surface area contributed by atoms with Gasteiger partial charge in [-0.05, 0) is 55.6 Å². The van der Waals surface area contributed by atoms with Gasteiger partial charge in [-0.25, -0.2) is 4.79 Å². The fourth-order valence-electron chi connectivity index (χ4n) is 4.59. The lowest BCUT2D eigenvalue weighted by molar-refractivity contribution is 0.0657. The lowest BCUT2D eigenvalue weighted by atomic mass is 9.93. The van der Waals surface area contributed by atoms with Crippen molar-refractivity contribution < 1.29 is 19.0 Å². The molecule has 0 radical (unpaired) electrons. The summed E-state index contributed by atoms with van der Waals surface area (Å²) < 4.78 is 16.5. The van der Waals surface area contributed by atoms with Gasteiger partial charge in [0, 0.05) is 31.6 Å². The molecule has 0 spiro atoms. The number of hydrogen-bond acceptors (Lipinski definition) is 5. The number of benzene rings is 1. The molecule has 1 aromatic carbocycles. The standard InChI is InChI=1S/C25H32O5/c1-28-14-15-29-13-12-18-6-2-5-9-21-23(26)22(25(27)30-24(18)21)16-19-7-3-4-8-20(19)17-10-11-17/h3-4,7-8,17-18,26H,2,5-6,9-16H2,1H3. The highest BCUT2D eigenvalue weighted by molar-refractivity contribution is 5.46. The molecule has 1 saturated carbocycles. The number of rotatable bonds is 9. The van der Waals surface area contributed by atoms with E-state index >= 15 is 0 Å². The van der Waals surface area contributed by atoms with Gasteiger partial charge in [0.25, 0.3) is 0 Å². The topological polar surface area (TPSA) is 68.9 Å². The van der Waals surface area contributed by atoms with Crippen molar-refractivity contribution in [1.82, 2.24) is 0 Å². The fourth-order valence-corrected chi connectivity index (χ4v) is 4.59. The van der Waals surface area contributed by atoms with Crippen molar-refractivity contribution in [2.24, 2.45) is 0 Å². The Labute approximate surface area is 178 Å². The summed E-state index contributed by atoms with van der Waals surface area (Å²) in [5.74, 6) is 1.53. The Kier molecular flexibility index (Phi) is 6.90. The van der Waals surface area contributed by atoms with Crippen LogP contribution in [0.4, 0.5) is 0 Å². The van der Waals surface area contributed by atoms with Gasteiger partial charge >= 0.3 is 5.63 Å². The van der Waals surface area contributed by atoms with Crippen LogP contribution in [0.3, 0.4) is 0 Å². The van der Waals surface area contributed by atoms with E-state index in [4.69, 9.17) is 13.9 Å². The Balaban J connectivity index is 1.58. The summed E-state index contributed by atoms with van der Waals surface area (Å²) in [7, 11) is 1.66. The summed E-state index contributed by atoms with van der Waals surface area (Å²) in [4.78, 5) is 12.9. The summed E-state index contributed by atoms with van der Waals surface area (Å²) in [5, 5.41) is 11.1. The van der Waals surface area contributed by atoms with Crippen LogP contribution in [-0.2, 0) is 22.3 Å². The van der Waals surface area contributed by atoms with Crippen LogP contribution in [0, 0.1) is 0 Å². The number of hydrogen-bond donors (Lipinski definition) is 1. The van der Waals surface area contributed by atoms with Crippen molar-refractivity contribution >= 4 is 0 Å². The molecule has 0 amide bonds. The molecule has 162 valence electrons. The zero-order valence-corrected chi connectivity index (χ0v) is 17.8. The van der Waals surface area contributed by atoms with Crippen molar-refractivity contribution in [2.75, 3.05) is 26.9 Å². The molecule has 0 aliphatic heterocycles. The first kappa shape index (κ1) is 21.1. The second-order valence-corrected chi connectivity index (χ2v) is 8.55. The number of ether oxygens (including phenoxy) is 2.